The first-order chi connectivity index (χ1) is 8.96. The number of nitrogens with two attached hydrogens (primary N) is 1. The summed E-state index contributed by atoms with van der Waals surface area (Å²) in [7, 11) is -3.47. The minimum absolute atomic E-state index is 0.0776. The normalized spacial score (nSPS) is 21.5. The van der Waals surface area contributed by atoms with Gasteiger partial charge in [0.25, 0.3) is 0 Å². The molecule has 1 unspecified atom stereocenters. The first-order valence-corrected chi connectivity index (χ1v) is 8.68. The van der Waals surface area contributed by atoms with E-state index in [4.69, 9.17) is 5.73 Å². The topological polar surface area (TPSA) is 63.4 Å². The zero-order chi connectivity index (χ0) is 14.0. The Bertz CT molecular complexity index is 560. The van der Waals surface area contributed by atoms with E-state index in [1.807, 2.05) is 13.0 Å². The zero-order valence-corrected chi connectivity index (χ0v) is 13.4. The van der Waals surface area contributed by atoms with Crippen LogP contribution in [0, 0.1) is 6.92 Å². The average Bonchev–Trinajstić information content (AvgIpc) is 2.41. The molecule has 0 saturated carbocycles. The van der Waals surface area contributed by atoms with E-state index in [1.54, 1.807) is 16.4 Å². The number of benzene rings is 1. The van der Waals surface area contributed by atoms with Gasteiger partial charge in [-0.3, -0.25) is 0 Å². The largest absolute Gasteiger partial charge is 0.329 e. The van der Waals surface area contributed by atoms with Crippen molar-refractivity contribution in [2.75, 3.05) is 13.1 Å². The minimum atomic E-state index is -3.47. The molecule has 1 fully saturated rings. The average molecular weight is 347 g/mol. The van der Waals surface area contributed by atoms with Crippen LogP contribution in [0.15, 0.2) is 27.6 Å². The molecular formula is C13H19BrN2O2S. The van der Waals surface area contributed by atoms with Gasteiger partial charge in [-0.1, -0.05) is 12.5 Å². The van der Waals surface area contributed by atoms with Gasteiger partial charge in [-0.05, 0) is 53.4 Å². The van der Waals surface area contributed by atoms with Crippen molar-refractivity contribution in [3.05, 3.63) is 28.2 Å². The van der Waals surface area contributed by atoms with Gasteiger partial charge in [0, 0.05) is 23.6 Å². The lowest BCUT2D eigenvalue weighted by atomic mass is 10.1. The van der Waals surface area contributed by atoms with E-state index < -0.39 is 10.0 Å². The van der Waals surface area contributed by atoms with Crippen LogP contribution in [-0.4, -0.2) is 31.9 Å². The standard InChI is InChI=1S/C13H19BrN2O2S/c1-10-5-6-12(14)13(8-10)19(17,18)16-7-3-2-4-11(16)9-15/h5-6,8,11H,2-4,7,9,15H2,1H3. The molecule has 0 amide bonds. The maximum Gasteiger partial charge on any atom is 0.244 e. The van der Waals surface area contributed by atoms with Crippen molar-refractivity contribution >= 4 is 26.0 Å². The monoisotopic (exact) mass is 346 g/mol. The second-order valence-corrected chi connectivity index (χ2v) is 7.65. The Morgan fingerprint density at radius 3 is 2.84 bits per heavy atom. The third kappa shape index (κ3) is 3.02. The summed E-state index contributed by atoms with van der Waals surface area (Å²) in [5, 5.41) is 0. The van der Waals surface area contributed by atoms with Crippen LogP contribution in [0.5, 0.6) is 0 Å². The first-order valence-electron chi connectivity index (χ1n) is 6.45. The van der Waals surface area contributed by atoms with Gasteiger partial charge in [0.15, 0.2) is 0 Å². The molecule has 6 heteroatoms. The molecule has 0 radical (unpaired) electrons. The summed E-state index contributed by atoms with van der Waals surface area (Å²) < 4.78 is 27.7. The SMILES string of the molecule is Cc1ccc(Br)c(S(=O)(=O)N2CCCCC2CN)c1. The quantitative estimate of drug-likeness (QED) is 0.912. The van der Waals surface area contributed by atoms with Crippen LogP contribution in [0.4, 0.5) is 0 Å². The number of sulfonamides is 1. The van der Waals surface area contributed by atoms with Crippen molar-refractivity contribution in [1.82, 2.24) is 4.31 Å². The molecule has 106 valence electrons. The number of nitrogens with zero attached hydrogens (tertiary/aromatic N) is 1. The summed E-state index contributed by atoms with van der Waals surface area (Å²) >= 11 is 3.34. The van der Waals surface area contributed by atoms with E-state index >= 15 is 0 Å². The van der Waals surface area contributed by atoms with Gasteiger partial charge < -0.3 is 5.73 Å². The maximum absolute atomic E-state index is 12.8. The minimum Gasteiger partial charge on any atom is -0.329 e. The molecule has 1 aromatic carbocycles. The van der Waals surface area contributed by atoms with Crippen molar-refractivity contribution in [3.63, 3.8) is 0 Å². The predicted molar refractivity (Wildman–Crippen MR) is 79.5 cm³/mol. The molecule has 0 aliphatic carbocycles. The summed E-state index contributed by atoms with van der Waals surface area (Å²) in [6, 6.07) is 5.30. The van der Waals surface area contributed by atoms with E-state index in [0.717, 1.165) is 24.8 Å². The molecule has 2 N–H and O–H groups in total. The Balaban J connectivity index is 2.43. The van der Waals surface area contributed by atoms with Crippen LogP contribution >= 0.6 is 15.9 Å². The first kappa shape index (κ1) is 15.0. The molecule has 2 rings (SSSR count). The van der Waals surface area contributed by atoms with Crippen LogP contribution in [0.2, 0.25) is 0 Å². The molecule has 0 aromatic heterocycles. The molecule has 1 aliphatic heterocycles. The summed E-state index contributed by atoms with van der Waals surface area (Å²) in [5.74, 6) is 0. The molecule has 1 aliphatic rings. The lowest BCUT2D eigenvalue weighted by molar-refractivity contribution is 0.257. The Labute approximate surface area is 123 Å². The second kappa shape index (κ2) is 5.91. The molecule has 19 heavy (non-hydrogen) atoms. The van der Waals surface area contributed by atoms with Gasteiger partial charge in [0.05, 0.1) is 4.90 Å². The van der Waals surface area contributed by atoms with Gasteiger partial charge in [-0.25, -0.2) is 8.42 Å². The Kier molecular flexibility index (Phi) is 4.66. The van der Waals surface area contributed by atoms with E-state index in [0.29, 0.717) is 22.5 Å². The zero-order valence-electron chi connectivity index (χ0n) is 11.0. The Morgan fingerprint density at radius 1 is 1.42 bits per heavy atom. The van der Waals surface area contributed by atoms with Crippen LogP contribution in [0.1, 0.15) is 24.8 Å². The number of rotatable bonds is 3. The third-order valence-corrected chi connectivity index (χ3v) is 6.46. The second-order valence-electron chi connectivity index (χ2n) is 4.93. The van der Waals surface area contributed by atoms with Gasteiger partial charge in [-0.2, -0.15) is 4.31 Å². The number of aryl methyl sites for hydroxylation is 1. The summed E-state index contributed by atoms with van der Waals surface area (Å²) in [5.41, 5.74) is 6.65. The van der Waals surface area contributed by atoms with Crippen molar-refractivity contribution in [1.29, 1.82) is 0 Å². The number of halogens is 1. The highest BCUT2D eigenvalue weighted by Gasteiger charge is 2.33. The van der Waals surface area contributed by atoms with E-state index in [2.05, 4.69) is 15.9 Å². The molecule has 1 atom stereocenters. The molecular weight excluding hydrogens is 328 g/mol. The number of piperidine rings is 1. The van der Waals surface area contributed by atoms with Crippen molar-refractivity contribution in [2.45, 2.75) is 37.1 Å². The lowest BCUT2D eigenvalue weighted by Crippen LogP contribution is -2.47. The molecule has 0 spiro atoms. The van der Waals surface area contributed by atoms with Crippen LogP contribution < -0.4 is 5.73 Å². The van der Waals surface area contributed by atoms with Crippen LogP contribution in [0.25, 0.3) is 0 Å². The van der Waals surface area contributed by atoms with Crippen molar-refractivity contribution in [2.24, 2.45) is 5.73 Å². The van der Waals surface area contributed by atoms with Gasteiger partial charge in [-0.15, -0.1) is 0 Å². The Morgan fingerprint density at radius 2 is 2.16 bits per heavy atom. The predicted octanol–water partition coefficient (Wildman–Crippen LogP) is 2.26. The molecule has 0 bridgehead atoms. The fourth-order valence-corrected chi connectivity index (χ4v) is 5.18. The lowest BCUT2D eigenvalue weighted by Gasteiger charge is -2.34. The third-order valence-electron chi connectivity index (χ3n) is 3.52. The summed E-state index contributed by atoms with van der Waals surface area (Å²) in [6.45, 7) is 2.83. The maximum atomic E-state index is 12.8. The van der Waals surface area contributed by atoms with E-state index in [1.165, 1.54) is 0 Å². The highest BCUT2D eigenvalue weighted by atomic mass is 79.9. The van der Waals surface area contributed by atoms with Gasteiger partial charge >= 0.3 is 0 Å². The molecule has 1 aromatic rings. The fourth-order valence-electron chi connectivity index (χ4n) is 2.46. The molecule has 4 nitrogen and oxygen atoms in total. The highest BCUT2D eigenvalue weighted by Crippen LogP contribution is 2.30. The van der Waals surface area contributed by atoms with E-state index in [9.17, 15) is 8.42 Å². The fraction of sp³-hybridized carbons (Fsp3) is 0.538. The van der Waals surface area contributed by atoms with Gasteiger partial charge in [0.1, 0.15) is 0 Å². The smallest absolute Gasteiger partial charge is 0.244 e. The highest BCUT2D eigenvalue weighted by molar-refractivity contribution is 9.10. The summed E-state index contributed by atoms with van der Waals surface area (Å²) in [6.07, 6.45) is 2.79. The van der Waals surface area contributed by atoms with Crippen LogP contribution in [0.3, 0.4) is 0 Å². The number of hydrogen-bond donors (Lipinski definition) is 1. The number of hydrogen-bond acceptors (Lipinski definition) is 3. The Hall–Kier alpha value is -0.430. The van der Waals surface area contributed by atoms with E-state index in [-0.39, 0.29) is 6.04 Å². The molecule has 1 heterocycles. The van der Waals surface area contributed by atoms with Crippen molar-refractivity contribution in [3.8, 4) is 0 Å². The van der Waals surface area contributed by atoms with Crippen molar-refractivity contribution < 1.29 is 8.42 Å². The molecule has 1 saturated heterocycles. The van der Waals surface area contributed by atoms with Crippen LogP contribution in [-0.2, 0) is 10.0 Å². The summed E-state index contributed by atoms with van der Waals surface area (Å²) in [4.78, 5) is 0.341. The van der Waals surface area contributed by atoms with Gasteiger partial charge in [0.2, 0.25) is 10.0 Å².